The number of methoxy groups -OCH3 is 1. The number of hydrogen-bond donors (Lipinski definition) is 2. The maximum Gasteiger partial charge on any atom is 0.361 e. The standard InChI is InChI=1S/C17H15N5O4S/c1-25-11-4-2-10(3-5-11)12-9-27-17(21-12)22-13(23)8-26-16(24)14-15(18)20-7-6-19-14/h2-7,9H,8H2,1H3,(H2,18,20)(H,21,22,23). The van der Waals surface area contributed by atoms with Crippen LogP contribution in [0.5, 0.6) is 5.75 Å². The Morgan fingerprint density at radius 2 is 1.93 bits per heavy atom. The highest BCUT2D eigenvalue weighted by Gasteiger charge is 2.16. The van der Waals surface area contributed by atoms with Gasteiger partial charge in [-0.15, -0.1) is 11.3 Å². The minimum absolute atomic E-state index is 0.0630. The SMILES string of the molecule is COc1ccc(-c2csc(NC(=O)COC(=O)c3nccnc3N)n2)cc1. The summed E-state index contributed by atoms with van der Waals surface area (Å²) >= 11 is 1.26. The lowest BCUT2D eigenvalue weighted by Crippen LogP contribution is -2.22. The molecule has 0 saturated carbocycles. The molecule has 0 aliphatic heterocycles. The zero-order valence-electron chi connectivity index (χ0n) is 14.2. The molecule has 3 rings (SSSR count). The Bertz CT molecular complexity index is 958. The van der Waals surface area contributed by atoms with Crippen molar-refractivity contribution in [3.05, 3.63) is 47.7 Å². The molecule has 0 fully saturated rings. The van der Waals surface area contributed by atoms with Crippen molar-refractivity contribution in [1.29, 1.82) is 0 Å². The molecule has 27 heavy (non-hydrogen) atoms. The summed E-state index contributed by atoms with van der Waals surface area (Å²) in [6, 6.07) is 7.38. The first kappa shape index (κ1) is 18.3. The molecule has 0 aliphatic carbocycles. The van der Waals surface area contributed by atoms with E-state index in [1.807, 2.05) is 29.6 Å². The molecule has 1 aromatic carbocycles. The van der Waals surface area contributed by atoms with Crippen LogP contribution in [0.2, 0.25) is 0 Å². The van der Waals surface area contributed by atoms with Crippen LogP contribution < -0.4 is 15.8 Å². The van der Waals surface area contributed by atoms with E-state index in [1.165, 1.54) is 23.7 Å². The molecule has 10 heteroatoms. The average Bonchev–Trinajstić information content (AvgIpc) is 3.15. The van der Waals surface area contributed by atoms with Gasteiger partial charge in [0.25, 0.3) is 5.91 Å². The number of nitrogen functional groups attached to an aromatic ring is 1. The summed E-state index contributed by atoms with van der Waals surface area (Å²) < 4.78 is 10.0. The number of ether oxygens (including phenoxy) is 2. The minimum Gasteiger partial charge on any atom is -0.497 e. The van der Waals surface area contributed by atoms with Gasteiger partial charge in [-0.3, -0.25) is 10.1 Å². The number of hydrogen-bond acceptors (Lipinski definition) is 9. The molecule has 0 atom stereocenters. The molecule has 2 aromatic heterocycles. The highest BCUT2D eigenvalue weighted by atomic mass is 32.1. The van der Waals surface area contributed by atoms with Gasteiger partial charge in [0, 0.05) is 23.3 Å². The second-order valence-electron chi connectivity index (χ2n) is 5.18. The van der Waals surface area contributed by atoms with Crippen molar-refractivity contribution in [3.8, 4) is 17.0 Å². The van der Waals surface area contributed by atoms with E-state index >= 15 is 0 Å². The number of nitrogens with one attached hydrogen (secondary N) is 1. The van der Waals surface area contributed by atoms with Gasteiger partial charge >= 0.3 is 5.97 Å². The van der Waals surface area contributed by atoms with Crippen LogP contribution in [0.25, 0.3) is 11.3 Å². The molecule has 0 spiro atoms. The molecule has 0 bridgehead atoms. The Morgan fingerprint density at radius 1 is 1.19 bits per heavy atom. The maximum atomic E-state index is 12.0. The lowest BCUT2D eigenvalue weighted by Gasteiger charge is -2.05. The van der Waals surface area contributed by atoms with E-state index in [2.05, 4.69) is 20.3 Å². The fraction of sp³-hybridized carbons (Fsp3) is 0.118. The smallest absolute Gasteiger partial charge is 0.361 e. The van der Waals surface area contributed by atoms with Gasteiger partial charge in [0.1, 0.15) is 5.75 Å². The average molecular weight is 385 g/mol. The molecule has 3 aromatic rings. The molecule has 9 nitrogen and oxygen atoms in total. The summed E-state index contributed by atoms with van der Waals surface area (Å²) in [7, 11) is 1.59. The molecule has 0 saturated heterocycles. The zero-order chi connectivity index (χ0) is 19.2. The zero-order valence-corrected chi connectivity index (χ0v) is 15.0. The Balaban J connectivity index is 1.56. The van der Waals surface area contributed by atoms with E-state index in [0.717, 1.165) is 11.3 Å². The predicted molar refractivity (Wildman–Crippen MR) is 99.5 cm³/mol. The number of nitrogens with two attached hydrogens (primary N) is 1. The number of esters is 1. The summed E-state index contributed by atoms with van der Waals surface area (Å²) in [6.07, 6.45) is 2.66. The first-order chi connectivity index (χ1) is 13.1. The van der Waals surface area contributed by atoms with Gasteiger partial charge < -0.3 is 15.2 Å². The van der Waals surface area contributed by atoms with Gasteiger partial charge in [-0.25, -0.2) is 19.7 Å². The third-order valence-corrected chi connectivity index (χ3v) is 4.15. The largest absolute Gasteiger partial charge is 0.497 e. The predicted octanol–water partition coefficient (Wildman–Crippen LogP) is 1.99. The number of nitrogens with zero attached hydrogens (tertiary/aromatic N) is 3. The van der Waals surface area contributed by atoms with Gasteiger partial charge in [-0.2, -0.15) is 0 Å². The van der Waals surface area contributed by atoms with Crippen LogP contribution in [0.4, 0.5) is 10.9 Å². The molecule has 2 heterocycles. The fourth-order valence-corrected chi connectivity index (χ4v) is 2.82. The second-order valence-corrected chi connectivity index (χ2v) is 6.04. The molecular weight excluding hydrogens is 370 g/mol. The number of thiazole rings is 1. The summed E-state index contributed by atoms with van der Waals surface area (Å²) in [5, 5.41) is 4.77. The van der Waals surface area contributed by atoms with Crippen LogP contribution in [0, 0.1) is 0 Å². The molecule has 138 valence electrons. The highest BCUT2D eigenvalue weighted by Crippen LogP contribution is 2.26. The number of anilines is 2. The summed E-state index contributed by atoms with van der Waals surface area (Å²) in [6.45, 7) is -0.494. The Hall–Kier alpha value is -3.53. The summed E-state index contributed by atoms with van der Waals surface area (Å²) in [5.41, 5.74) is 7.00. The monoisotopic (exact) mass is 385 g/mol. The lowest BCUT2D eigenvalue weighted by molar-refractivity contribution is -0.119. The fourth-order valence-electron chi connectivity index (χ4n) is 2.09. The third kappa shape index (κ3) is 4.55. The van der Waals surface area contributed by atoms with E-state index in [-0.39, 0.29) is 11.5 Å². The van der Waals surface area contributed by atoms with E-state index in [0.29, 0.717) is 10.8 Å². The Labute approximate surface area is 158 Å². The van der Waals surface area contributed by atoms with Crippen LogP contribution in [0.1, 0.15) is 10.5 Å². The number of amides is 1. The Kier molecular flexibility index (Phi) is 5.57. The maximum absolute atomic E-state index is 12.0. The number of carbonyl (C=O) groups excluding carboxylic acids is 2. The van der Waals surface area contributed by atoms with Crippen molar-refractivity contribution in [1.82, 2.24) is 15.0 Å². The van der Waals surface area contributed by atoms with Crippen LogP contribution in [0.3, 0.4) is 0 Å². The highest BCUT2D eigenvalue weighted by molar-refractivity contribution is 7.14. The van der Waals surface area contributed by atoms with Crippen molar-refractivity contribution in [2.24, 2.45) is 0 Å². The van der Waals surface area contributed by atoms with Crippen LogP contribution in [-0.4, -0.2) is 40.5 Å². The molecule has 0 unspecified atom stereocenters. The van der Waals surface area contributed by atoms with E-state index < -0.39 is 18.5 Å². The van der Waals surface area contributed by atoms with E-state index in [9.17, 15) is 9.59 Å². The second kappa shape index (κ2) is 8.23. The number of benzene rings is 1. The van der Waals surface area contributed by atoms with Crippen molar-refractivity contribution in [2.45, 2.75) is 0 Å². The van der Waals surface area contributed by atoms with Crippen LogP contribution >= 0.6 is 11.3 Å². The molecule has 0 aliphatic rings. The van der Waals surface area contributed by atoms with Crippen molar-refractivity contribution in [2.75, 3.05) is 24.8 Å². The van der Waals surface area contributed by atoms with E-state index in [4.69, 9.17) is 15.2 Å². The van der Waals surface area contributed by atoms with Gasteiger partial charge in [0.2, 0.25) is 0 Å². The molecule has 1 amide bonds. The minimum atomic E-state index is -0.825. The molecule has 3 N–H and O–H groups in total. The summed E-state index contributed by atoms with van der Waals surface area (Å²) in [5.74, 6) is -0.671. The normalized spacial score (nSPS) is 10.3. The lowest BCUT2D eigenvalue weighted by atomic mass is 10.2. The van der Waals surface area contributed by atoms with Crippen molar-refractivity contribution >= 4 is 34.2 Å². The quantitative estimate of drug-likeness (QED) is 0.616. The van der Waals surface area contributed by atoms with Gasteiger partial charge in [0.05, 0.1) is 12.8 Å². The number of rotatable bonds is 6. The van der Waals surface area contributed by atoms with Crippen molar-refractivity contribution < 1.29 is 19.1 Å². The first-order valence-electron chi connectivity index (χ1n) is 7.70. The van der Waals surface area contributed by atoms with Crippen LogP contribution in [0.15, 0.2) is 42.0 Å². The van der Waals surface area contributed by atoms with Gasteiger partial charge in [-0.05, 0) is 24.3 Å². The summed E-state index contributed by atoms with van der Waals surface area (Å²) in [4.78, 5) is 35.7. The topological polar surface area (TPSA) is 129 Å². The van der Waals surface area contributed by atoms with Gasteiger partial charge in [0.15, 0.2) is 23.3 Å². The first-order valence-corrected chi connectivity index (χ1v) is 8.58. The molecular formula is C17H15N5O4S. The van der Waals surface area contributed by atoms with Gasteiger partial charge in [-0.1, -0.05) is 0 Å². The third-order valence-electron chi connectivity index (χ3n) is 3.39. The molecule has 0 radical (unpaired) electrons. The van der Waals surface area contributed by atoms with Crippen LogP contribution in [-0.2, 0) is 9.53 Å². The Morgan fingerprint density at radius 3 is 2.63 bits per heavy atom. The number of carbonyl (C=O) groups is 2. The van der Waals surface area contributed by atoms with Crippen molar-refractivity contribution in [3.63, 3.8) is 0 Å². The van der Waals surface area contributed by atoms with E-state index in [1.54, 1.807) is 7.11 Å². The number of aromatic nitrogens is 3.